The minimum atomic E-state index is -5.24. The lowest BCUT2D eigenvalue weighted by Crippen LogP contribution is -2.05. The Hall–Kier alpha value is -10.8. The summed E-state index contributed by atoms with van der Waals surface area (Å²) in [6.07, 6.45) is 0. The topological polar surface area (TPSA) is 86.6 Å². The maximum Gasteiger partial charge on any atom is 0.569 e. The largest absolute Gasteiger partial charge is 0.569 e. The molecule has 16 aromatic rings. The third kappa shape index (κ3) is 8.17. The first-order valence-electron chi connectivity index (χ1n) is 29.7. The highest BCUT2D eigenvalue weighted by atomic mass is 31.2. The summed E-state index contributed by atoms with van der Waals surface area (Å²) in [7, 11) is -10.3. The molecule has 0 unspecified atom stereocenters. The Bertz CT molecular complexity index is 5490. The van der Waals surface area contributed by atoms with Gasteiger partial charge in [-0.2, -0.15) is 0 Å². The van der Waals surface area contributed by atoms with Gasteiger partial charge in [-0.15, -0.1) is 0 Å². The van der Waals surface area contributed by atoms with Crippen LogP contribution in [0.25, 0.3) is 153 Å². The molecule has 0 aromatic heterocycles. The Kier molecular flexibility index (Phi) is 11.5. The second-order valence-electron chi connectivity index (χ2n) is 22.9. The molecule has 0 aliphatic carbocycles. The third-order valence-electron chi connectivity index (χ3n) is 17.9. The van der Waals surface area contributed by atoms with Crippen LogP contribution in [0.15, 0.2) is 296 Å². The number of benzene rings is 16. The number of rotatable bonds is 5. The first-order chi connectivity index (χ1) is 43.8. The predicted octanol–water partition coefficient (Wildman–Crippen LogP) is 23.2. The van der Waals surface area contributed by atoms with Gasteiger partial charge < -0.3 is 18.1 Å². The van der Waals surface area contributed by atoms with Gasteiger partial charge in [-0.3, -0.25) is 4.89 Å². The number of nitrogens with zero attached hydrogens (tertiary/aromatic N) is 1. The molecule has 7 nitrogen and oxygen atoms in total. The number of hydrogen-bond donors (Lipinski definition) is 1. The zero-order valence-corrected chi connectivity index (χ0v) is 49.3. The van der Waals surface area contributed by atoms with E-state index in [1.165, 1.54) is 0 Å². The third-order valence-corrected chi connectivity index (χ3v) is 21.3. The molecule has 420 valence electrons. The van der Waals surface area contributed by atoms with Crippen molar-refractivity contribution in [1.82, 2.24) is 0 Å². The highest BCUT2D eigenvalue weighted by Gasteiger charge is 2.46. The molecule has 9 heteroatoms. The molecule has 16 aromatic carbocycles. The second-order valence-corrected chi connectivity index (χ2v) is 26.3. The van der Waals surface area contributed by atoms with Crippen molar-refractivity contribution in [3.8, 4) is 89.8 Å². The first kappa shape index (κ1) is 51.4. The van der Waals surface area contributed by atoms with Crippen LogP contribution in [-0.2, 0) is 4.57 Å². The van der Waals surface area contributed by atoms with Crippen LogP contribution in [0.1, 0.15) is 0 Å². The van der Waals surface area contributed by atoms with E-state index in [2.05, 4.69) is 170 Å². The van der Waals surface area contributed by atoms with Crippen LogP contribution in [0.3, 0.4) is 0 Å². The van der Waals surface area contributed by atoms with Gasteiger partial charge in [-0.25, -0.2) is 4.57 Å². The van der Waals surface area contributed by atoms with Crippen LogP contribution in [0.4, 0.5) is 0 Å². The average Bonchev–Trinajstić information content (AvgIpc) is 1.61. The van der Waals surface area contributed by atoms with Crippen molar-refractivity contribution in [3.05, 3.63) is 291 Å². The van der Waals surface area contributed by atoms with Crippen molar-refractivity contribution in [1.29, 1.82) is 0 Å². The molecule has 0 bridgehead atoms. The van der Waals surface area contributed by atoms with E-state index in [0.29, 0.717) is 56.0 Å². The molecule has 0 radical (unpaired) electrons. The first-order valence-corrected chi connectivity index (χ1v) is 32.8. The molecule has 2 heterocycles. The molecule has 1 N–H and O–H groups in total. The van der Waals surface area contributed by atoms with Gasteiger partial charge in [0.25, 0.3) is 0 Å². The van der Waals surface area contributed by atoms with Crippen LogP contribution in [0.5, 0.6) is 23.0 Å². The fourth-order valence-electron chi connectivity index (χ4n) is 14.0. The summed E-state index contributed by atoms with van der Waals surface area (Å²) >= 11 is 0. The SMILES string of the molecule is O=P1(N=P2(O)Oc3c(-c4cccc5ccccc45)cc4ccccc4c3-c3c(c(-c4cccc5ccccc45)cc4ccccc34)O2)Oc2c(-c3cccc4ccccc34)cc3ccccc3c2-c2c(c(-c3cccc4ccccc34)cc3ccccc23)O1. The van der Waals surface area contributed by atoms with Gasteiger partial charge in [0.05, 0.1) is 0 Å². The maximum absolute atomic E-state index is 17.7. The van der Waals surface area contributed by atoms with Crippen molar-refractivity contribution in [3.63, 3.8) is 0 Å². The monoisotopic (exact) mass is 1180 g/mol. The van der Waals surface area contributed by atoms with Crippen molar-refractivity contribution in [2.24, 2.45) is 4.52 Å². The van der Waals surface area contributed by atoms with Crippen LogP contribution in [-0.4, -0.2) is 4.89 Å². The molecule has 18 rings (SSSR count). The summed E-state index contributed by atoms with van der Waals surface area (Å²) in [4.78, 5) is 14.5. The summed E-state index contributed by atoms with van der Waals surface area (Å²) < 4.78 is 52.9. The van der Waals surface area contributed by atoms with Crippen LogP contribution in [0.2, 0.25) is 0 Å². The Morgan fingerprint density at radius 1 is 0.236 bits per heavy atom. The molecular formula is C80H49NO6P2. The molecular weight excluding hydrogens is 1130 g/mol. The van der Waals surface area contributed by atoms with Gasteiger partial charge in [-0.05, 0) is 133 Å². The van der Waals surface area contributed by atoms with Gasteiger partial charge >= 0.3 is 15.5 Å². The van der Waals surface area contributed by atoms with E-state index in [1.807, 2.05) is 121 Å². The normalized spacial score (nSPS) is 13.8. The van der Waals surface area contributed by atoms with E-state index in [-0.39, 0.29) is 11.5 Å². The molecule has 89 heavy (non-hydrogen) atoms. The summed E-state index contributed by atoms with van der Waals surface area (Å²) in [5, 5.41) is 15.0. The molecule has 0 spiro atoms. The van der Waals surface area contributed by atoms with E-state index in [4.69, 9.17) is 22.6 Å². The average molecular weight is 1180 g/mol. The number of hydrogen-bond acceptors (Lipinski definition) is 5. The standard InChI is InChI=1S/C80H49NO6P2/c82-88(84-77-69(65-41-17-29-49-21-1-9-33-57(49)65)45-53-25-5-13-37-61(53)73(77)74-62-38-14-6-26-54(62)46-70(78(74)85-88)66-42-18-30-50-22-2-10-34-58(50)66)81-89(83)86-79-71(67-43-19-31-51-23-3-11-35-59(51)67)47-55-27-7-15-39-63(55)75(79)76-64-40-16-8-28-56(64)48-72(80(76)87-89)68-44-20-32-52-24-4-12-36-60(52)68/h1-48,82H. The van der Waals surface area contributed by atoms with Gasteiger partial charge in [-0.1, -0.05) is 271 Å². The van der Waals surface area contributed by atoms with Crippen LogP contribution >= 0.6 is 15.5 Å². The predicted molar refractivity (Wildman–Crippen MR) is 367 cm³/mol. The van der Waals surface area contributed by atoms with Gasteiger partial charge in [0.1, 0.15) is 23.0 Å². The highest BCUT2D eigenvalue weighted by Crippen LogP contribution is 2.71. The molecule has 2 aliphatic rings. The van der Waals surface area contributed by atoms with Crippen molar-refractivity contribution in [2.75, 3.05) is 0 Å². The van der Waals surface area contributed by atoms with E-state index < -0.39 is 15.5 Å². The van der Waals surface area contributed by atoms with Gasteiger partial charge in [0.2, 0.25) is 0 Å². The van der Waals surface area contributed by atoms with E-state index in [9.17, 15) is 4.89 Å². The lowest BCUT2D eigenvalue weighted by molar-refractivity contribution is 0.361. The van der Waals surface area contributed by atoms with Crippen molar-refractivity contribution >= 4 is 102 Å². The van der Waals surface area contributed by atoms with Gasteiger partial charge in [0, 0.05) is 44.5 Å². The minimum Gasteiger partial charge on any atom is -0.408 e. The quantitative estimate of drug-likeness (QED) is 0.173. The zero-order chi connectivity index (χ0) is 59.0. The summed E-state index contributed by atoms with van der Waals surface area (Å²) in [5.41, 5.74) is 8.70. The maximum atomic E-state index is 17.7. The minimum absolute atomic E-state index is 0.262. The van der Waals surface area contributed by atoms with E-state index in [0.717, 1.165) is 108 Å². The lowest BCUT2D eigenvalue weighted by Gasteiger charge is -2.24. The highest BCUT2D eigenvalue weighted by molar-refractivity contribution is 7.64. The molecule has 0 amide bonds. The Labute approximate surface area is 511 Å². The van der Waals surface area contributed by atoms with Crippen LogP contribution < -0.4 is 18.1 Å². The Balaban J connectivity index is 1.00. The zero-order valence-electron chi connectivity index (χ0n) is 47.5. The fourth-order valence-corrected chi connectivity index (χ4v) is 17.5. The molecule has 0 atom stereocenters. The molecule has 0 fully saturated rings. The lowest BCUT2D eigenvalue weighted by atomic mass is 9.85. The summed E-state index contributed by atoms with van der Waals surface area (Å²) in [5.74, 6) is 1.12. The van der Waals surface area contributed by atoms with Crippen molar-refractivity contribution in [2.45, 2.75) is 0 Å². The summed E-state index contributed by atoms with van der Waals surface area (Å²) in [6.45, 7) is 0. The van der Waals surface area contributed by atoms with E-state index >= 15 is 4.57 Å². The van der Waals surface area contributed by atoms with Crippen molar-refractivity contribution < 1.29 is 27.6 Å². The smallest absolute Gasteiger partial charge is 0.408 e. The summed E-state index contributed by atoms with van der Waals surface area (Å²) in [6, 6.07) is 99.1. The molecule has 0 saturated carbocycles. The molecule has 2 aliphatic heterocycles. The van der Waals surface area contributed by atoms with E-state index in [1.54, 1.807) is 0 Å². The fraction of sp³-hybridized carbons (Fsp3) is 0. The Morgan fingerprint density at radius 3 is 0.719 bits per heavy atom. The van der Waals surface area contributed by atoms with Crippen LogP contribution in [0, 0.1) is 0 Å². The second kappa shape index (κ2) is 19.9. The Morgan fingerprint density at radius 2 is 0.449 bits per heavy atom. The van der Waals surface area contributed by atoms with Gasteiger partial charge in [0.15, 0.2) is 0 Å². The number of fused-ring (bicyclic) bond motifs is 18. The molecule has 0 saturated heterocycles.